The summed E-state index contributed by atoms with van der Waals surface area (Å²) < 4.78 is 0. The van der Waals surface area contributed by atoms with Gasteiger partial charge in [0, 0.05) is 11.9 Å². The number of nitrogens with zero attached hydrogens (tertiary/aromatic N) is 1. The minimum atomic E-state index is 0.161. The number of aryl methyl sites for hydroxylation is 1. The summed E-state index contributed by atoms with van der Waals surface area (Å²) in [6, 6.07) is 12.2. The highest BCUT2D eigenvalue weighted by atomic mass is 32.1. The number of carbonyl (C=O) groups is 1. The van der Waals surface area contributed by atoms with Gasteiger partial charge in [0.1, 0.15) is 0 Å². The number of carbonyl (C=O) groups excluding carboxylic acids is 1. The number of hydrogen-bond donors (Lipinski definition) is 0. The Balaban J connectivity index is 1.95. The molecule has 0 saturated carbocycles. The molecular weight excluding hydrogens is 242 g/mol. The molecule has 0 aliphatic carbocycles. The Morgan fingerprint density at radius 3 is 2.78 bits per heavy atom. The molecule has 0 unspecified atom stereocenters. The molecule has 0 atom stereocenters. The van der Waals surface area contributed by atoms with E-state index in [4.69, 9.17) is 0 Å². The van der Waals surface area contributed by atoms with E-state index in [-0.39, 0.29) is 5.91 Å². The third-order valence-electron chi connectivity index (χ3n) is 2.84. The van der Waals surface area contributed by atoms with Crippen LogP contribution in [0.1, 0.15) is 16.0 Å². The van der Waals surface area contributed by atoms with Crippen LogP contribution >= 0.6 is 11.3 Å². The van der Waals surface area contributed by atoms with Crippen molar-refractivity contribution in [3.63, 3.8) is 0 Å². The zero-order chi connectivity index (χ0) is 13.0. The summed E-state index contributed by atoms with van der Waals surface area (Å²) in [5.41, 5.74) is 2.28. The van der Waals surface area contributed by atoms with Crippen molar-refractivity contribution in [3.05, 3.63) is 57.8 Å². The molecule has 0 bridgehead atoms. The van der Waals surface area contributed by atoms with Crippen LogP contribution in [0.25, 0.3) is 0 Å². The van der Waals surface area contributed by atoms with E-state index in [1.54, 1.807) is 16.2 Å². The molecule has 0 radical (unpaired) electrons. The quantitative estimate of drug-likeness (QED) is 0.825. The first-order valence-electron chi connectivity index (χ1n) is 5.97. The SMILES string of the molecule is Cc1cccc(CC(=O)N(C)Cc2cccs2)c1. The average Bonchev–Trinajstić information content (AvgIpc) is 2.81. The van der Waals surface area contributed by atoms with Crippen LogP contribution in [0, 0.1) is 6.92 Å². The number of benzene rings is 1. The lowest BCUT2D eigenvalue weighted by Crippen LogP contribution is -2.27. The number of hydrogen-bond acceptors (Lipinski definition) is 2. The maximum Gasteiger partial charge on any atom is 0.227 e. The summed E-state index contributed by atoms with van der Waals surface area (Å²) >= 11 is 1.68. The van der Waals surface area contributed by atoms with E-state index in [9.17, 15) is 4.79 Å². The number of amides is 1. The van der Waals surface area contributed by atoms with Gasteiger partial charge < -0.3 is 4.90 Å². The van der Waals surface area contributed by atoms with Gasteiger partial charge in [-0.15, -0.1) is 11.3 Å². The van der Waals surface area contributed by atoms with E-state index in [0.717, 1.165) is 5.56 Å². The van der Waals surface area contributed by atoms with Gasteiger partial charge in [-0.25, -0.2) is 0 Å². The molecule has 2 rings (SSSR count). The molecule has 0 aliphatic heterocycles. The molecule has 1 aromatic heterocycles. The van der Waals surface area contributed by atoms with E-state index in [1.165, 1.54) is 10.4 Å². The Morgan fingerprint density at radius 2 is 2.11 bits per heavy atom. The number of thiophene rings is 1. The highest BCUT2D eigenvalue weighted by Crippen LogP contribution is 2.12. The molecular formula is C15H17NOS. The highest BCUT2D eigenvalue weighted by molar-refractivity contribution is 7.09. The Bertz CT molecular complexity index is 519. The summed E-state index contributed by atoms with van der Waals surface area (Å²) in [4.78, 5) is 15.1. The first-order chi connectivity index (χ1) is 8.65. The Morgan fingerprint density at radius 1 is 1.28 bits per heavy atom. The molecule has 0 N–H and O–H groups in total. The zero-order valence-corrected chi connectivity index (χ0v) is 11.5. The molecule has 1 heterocycles. The third kappa shape index (κ3) is 3.44. The van der Waals surface area contributed by atoms with E-state index in [2.05, 4.69) is 12.1 Å². The van der Waals surface area contributed by atoms with Gasteiger partial charge in [0.25, 0.3) is 0 Å². The average molecular weight is 259 g/mol. The van der Waals surface area contributed by atoms with Crippen LogP contribution in [0.3, 0.4) is 0 Å². The van der Waals surface area contributed by atoms with E-state index in [0.29, 0.717) is 13.0 Å². The van der Waals surface area contributed by atoms with Gasteiger partial charge in [0.15, 0.2) is 0 Å². The van der Waals surface area contributed by atoms with Crippen LogP contribution in [0.5, 0.6) is 0 Å². The monoisotopic (exact) mass is 259 g/mol. The normalized spacial score (nSPS) is 10.3. The van der Waals surface area contributed by atoms with Gasteiger partial charge in [-0.1, -0.05) is 35.9 Å². The number of rotatable bonds is 4. The van der Waals surface area contributed by atoms with Crippen LogP contribution in [0.2, 0.25) is 0 Å². The van der Waals surface area contributed by atoms with Crippen LogP contribution < -0.4 is 0 Å². The van der Waals surface area contributed by atoms with Gasteiger partial charge in [0.2, 0.25) is 5.91 Å². The van der Waals surface area contributed by atoms with Crippen molar-refractivity contribution >= 4 is 17.2 Å². The van der Waals surface area contributed by atoms with Crippen LogP contribution in [-0.4, -0.2) is 17.9 Å². The minimum Gasteiger partial charge on any atom is -0.340 e. The highest BCUT2D eigenvalue weighted by Gasteiger charge is 2.10. The topological polar surface area (TPSA) is 20.3 Å². The molecule has 1 aromatic carbocycles. The van der Waals surface area contributed by atoms with E-state index in [1.807, 2.05) is 43.6 Å². The number of likely N-dealkylation sites (N-methyl/N-ethyl adjacent to an activating group) is 1. The van der Waals surface area contributed by atoms with Crippen molar-refractivity contribution in [1.82, 2.24) is 4.90 Å². The standard InChI is InChI=1S/C15H17NOS/c1-12-5-3-6-13(9-12)10-15(17)16(2)11-14-7-4-8-18-14/h3-9H,10-11H2,1-2H3. The first-order valence-corrected chi connectivity index (χ1v) is 6.85. The van der Waals surface area contributed by atoms with Gasteiger partial charge in [-0.2, -0.15) is 0 Å². The molecule has 0 spiro atoms. The second-order valence-corrected chi connectivity index (χ2v) is 5.53. The molecule has 0 aliphatic rings. The lowest BCUT2D eigenvalue weighted by molar-refractivity contribution is -0.129. The zero-order valence-electron chi connectivity index (χ0n) is 10.7. The van der Waals surface area contributed by atoms with Crippen molar-refractivity contribution in [2.75, 3.05) is 7.05 Å². The predicted octanol–water partition coefficient (Wildman–Crippen LogP) is 3.26. The first kappa shape index (κ1) is 12.8. The summed E-state index contributed by atoms with van der Waals surface area (Å²) in [5.74, 6) is 0.161. The molecule has 94 valence electrons. The predicted molar refractivity (Wildman–Crippen MR) is 75.7 cm³/mol. The smallest absolute Gasteiger partial charge is 0.227 e. The Hall–Kier alpha value is -1.61. The fourth-order valence-corrected chi connectivity index (χ4v) is 2.61. The maximum atomic E-state index is 12.1. The largest absolute Gasteiger partial charge is 0.340 e. The van der Waals surface area contributed by atoms with E-state index >= 15 is 0 Å². The molecule has 1 amide bonds. The van der Waals surface area contributed by atoms with Crippen molar-refractivity contribution in [1.29, 1.82) is 0 Å². The van der Waals surface area contributed by atoms with Crippen molar-refractivity contribution in [2.24, 2.45) is 0 Å². The Kier molecular flexibility index (Phi) is 4.15. The minimum absolute atomic E-state index is 0.161. The molecule has 2 nitrogen and oxygen atoms in total. The molecule has 0 fully saturated rings. The molecule has 0 saturated heterocycles. The van der Waals surface area contributed by atoms with Gasteiger partial charge in [0.05, 0.1) is 13.0 Å². The van der Waals surface area contributed by atoms with Gasteiger partial charge in [-0.3, -0.25) is 4.79 Å². The van der Waals surface area contributed by atoms with Gasteiger partial charge in [-0.05, 0) is 23.9 Å². The summed E-state index contributed by atoms with van der Waals surface area (Å²) in [7, 11) is 1.86. The molecule has 3 heteroatoms. The van der Waals surface area contributed by atoms with Gasteiger partial charge >= 0.3 is 0 Å². The second kappa shape index (κ2) is 5.83. The fourth-order valence-electron chi connectivity index (χ4n) is 1.86. The van der Waals surface area contributed by atoms with Crippen molar-refractivity contribution < 1.29 is 4.79 Å². The van der Waals surface area contributed by atoms with Crippen molar-refractivity contribution in [2.45, 2.75) is 19.9 Å². The fraction of sp³-hybridized carbons (Fsp3) is 0.267. The van der Waals surface area contributed by atoms with Crippen LogP contribution in [-0.2, 0) is 17.8 Å². The second-order valence-electron chi connectivity index (χ2n) is 4.49. The maximum absolute atomic E-state index is 12.1. The van der Waals surface area contributed by atoms with Crippen molar-refractivity contribution in [3.8, 4) is 0 Å². The lowest BCUT2D eigenvalue weighted by Gasteiger charge is -2.16. The molecule has 18 heavy (non-hydrogen) atoms. The third-order valence-corrected chi connectivity index (χ3v) is 3.70. The summed E-state index contributed by atoms with van der Waals surface area (Å²) in [5, 5.41) is 2.04. The van der Waals surface area contributed by atoms with Crippen LogP contribution in [0.4, 0.5) is 0 Å². The van der Waals surface area contributed by atoms with E-state index < -0.39 is 0 Å². The molecule has 2 aromatic rings. The lowest BCUT2D eigenvalue weighted by atomic mass is 10.1. The van der Waals surface area contributed by atoms with Crippen LogP contribution in [0.15, 0.2) is 41.8 Å². The summed E-state index contributed by atoms with van der Waals surface area (Å²) in [6.45, 7) is 2.74. The summed E-state index contributed by atoms with van der Waals surface area (Å²) in [6.07, 6.45) is 0.476. The Labute approximate surface area is 112 Å².